The summed E-state index contributed by atoms with van der Waals surface area (Å²) in [6, 6.07) is 9.16. The lowest BCUT2D eigenvalue weighted by Gasteiger charge is -2.26. The number of ether oxygens (including phenoxy) is 2. The summed E-state index contributed by atoms with van der Waals surface area (Å²) in [6.45, 7) is 1.74. The zero-order valence-electron chi connectivity index (χ0n) is 14.7. The van der Waals surface area contributed by atoms with Gasteiger partial charge in [-0.15, -0.1) is 0 Å². The molecule has 0 fully saturated rings. The lowest BCUT2D eigenvalue weighted by atomic mass is 10.1. The van der Waals surface area contributed by atoms with Crippen LogP contribution in [-0.4, -0.2) is 34.4 Å². The van der Waals surface area contributed by atoms with Gasteiger partial charge in [-0.05, 0) is 55.3 Å². The summed E-state index contributed by atoms with van der Waals surface area (Å²) < 4.78 is 11.4. The van der Waals surface area contributed by atoms with E-state index in [9.17, 15) is 14.7 Å². The first kappa shape index (κ1) is 22.1. The van der Waals surface area contributed by atoms with Gasteiger partial charge in [0.05, 0.1) is 5.02 Å². The van der Waals surface area contributed by atoms with Crippen LogP contribution in [0.15, 0.2) is 36.4 Å². The summed E-state index contributed by atoms with van der Waals surface area (Å²) >= 11 is 17.8. The van der Waals surface area contributed by atoms with Crippen LogP contribution >= 0.6 is 34.8 Å². The van der Waals surface area contributed by atoms with E-state index in [4.69, 9.17) is 49.4 Å². The minimum absolute atomic E-state index is 0.0928. The molecule has 2 atom stereocenters. The van der Waals surface area contributed by atoms with Crippen LogP contribution in [-0.2, 0) is 9.59 Å². The molecule has 0 radical (unpaired) electrons. The second-order valence-corrected chi connectivity index (χ2v) is 7.23. The fourth-order valence-corrected chi connectivity index (χ4v) is 3.12. The van der Waals surface area contributed by atoms with Crippen molar-refractivity contribution >= 4 is 46.7 Å². The van der Waals surface area contributed by atoms with Gasteiger partial charge >= 0.3 is 11.9 Å². The first-order chi connectivity index (χ1) is 13.2. The van der Waals surface area contributed by atoms with Crippen LogP contribution in [0.5, 0.6) is 11.5 Å². The first-order valence-electron chi connectivity index (χ1n) is 8.16. The van der Waals surface area contributed by atoms with Crippen molar-refractivity contribution in [2.75, 3.05) is 0 Å². The van der Waals surface area contributed by atoms with Crippen LogP contribution in [0.25, 0.3) is 0 Å². The molecule has 28 heavy (non-hydrogen) atoms. The average Bonchev–Trinajstić information content (AvgIpc) is 2.59. The highest BCUT2D eigenvalue weighted by Gasteiger charge is 2.33. The summed E-state index contributed by atoms with van der Waals surface area (Å²) in [6.07, 6.45) is -3.01. The number of benzene rings is 2. The quantitative estimate of drug-likeness (QED) is 0.555. The predicted octanol–water partition coefficient (Wildman–Crippen LogP) is 5.10. The highest BCUT2D eigenvalue weighted by atomic mass is 35.5. The van der Waals surface area contributed by atoms with Crippen LogP contribution in [0.4, 0.5) is 0 Å². The second-order valence-electron chi connectivity index (χ2n) is 5.95. The molecular weight excluding hydrogens is 431 g/mol. The molecule has 2 aromatic rings. The van der Waals surface area contributed by atoms with E-state index >= 15 is 0 Å². The van der Waals surface area contributed by atoms with E-state index < -0.39 is 24.1 Å². The molecule has 0 aliphatic carbocycles. The number of aliphatic carboxylic acids is 2. The van der Waals surface area contributed by atoms with Crippen molar-refractivity contribution in [3.63, 3.8) is 0 Å². The highest BCUT2D eigenvalue weighted by Crippen LogP contribution is 2.30. The lowest BCUT2D eigenvalue weighted by Crippen LogP contribution is -2.43. The Morgan fingerprint density at radius 3 is 2.11 bits per heavy atom. The number of carboxylic acid groups (broad SMARTS) is 2. The Morgan fingerprint density at radius 2 is 1.57 bits per heavy atom. The average molecular weight is 448 g/mol. The SMILES string of the molecule is Cc1cc(Cl)ccc1OC(CCC(=O)O)C(Oc1ccc(Cl)cc1Cl)C(=O)O. The van der Waals surface area contributed by atoms with E-state index in [-0.39, 0.29) is 23.6 Å². The molecule has 0 aliphatic heterocycles. The van der Waals surface area contributed by atoms with Crippen molar-refractivity contribution in [3.05, 3.63) is 57.0 Å². The van der Waals surface area contributed by atoms with Crippen LogP contribution in [0.2, 0.25) is 15.1 Å². The largest absolute Gasteiger partial charge is 0.486 e. The second kappa shape index (κ2) is 9.87. The van der Waals surface area contributed by atoms with Crippen molar-refractivity contribution in [3.8, 4) is 11.5 Å². The maximum absolute atomic E-state index is 11.9. The van der Waals surface area contributed by atoms with E-state index in [1.165, 1.54) is 18.2 Å². The zero-order valence-corrected chi connectivity index (χ0v) is 17.0. The van der Waals surface area contributed by atoms with Gasteiger partial charge in [0.1, 0.15) is 17.6 Å². The first-order valence-corrected chi connectivity index (χ1v) is 9.30. The lowest BCUT2D eigenvalue weighted by molar-refractivity contribution is -0.151. The smallest absolute Gasteiger partial charge is 0.348 e. The fraction of sp³-hybridized carbons (Fsp3) is 0.263. The van der Waals surface area contributed by atoms with Crippen LogP contribution < -0.4 is 9.47 Å². The maximum Gasteiger partial charge on any atom is 0.348 e. The molecule has 0 bridgehead atoms. The molecule has 150 valence electrons. The maximum atomic E-state index is 11.9. The zero-order chi connectivity index (χ0) is 20.8. The normalized spacial score (nSPS) is 12.9. The van der Waals surface area contributed by atoms with Gasteiger partial charge in [0.25, 0.3) is 0 Å². The number of aryl methyl sites for hydroxylation is 1. The number of hydrogen-bond acceptors (Lipinski definition) is 4. The number of carbonyl (C=O) groups is 2. The topological polar surface area (TPSA) is 93.1 Å². The van der Waals surface area contributed by atoms with Crippen molar-refractivity contribution < 1.29 is 29.3 Å². The molecule has 0 saturated carbocycles. The molecule has 0 aliphatic rings. The van der Waals surface area contributed by atoms with Gasteiger partial charge in [0, 0.05) is 16.5 Å². The molecule has 2 rings (SSSR count). The Hall–Kier alpha value is -2.15. The van der Waals surface area contributed by atoms with E-state index in [1.54, 1.807) is 25.1 Å². The number of halogens is 3. The number of rotatable bonds is 9. The van der Waals surface area contributed by atoms with E-state index in [1.807, 2.05) is 0 Å². The van der Waals surface area contributed by atoms with Crippen molar-refractivity contribution in [1.82, 2.24) is 0 Å². The highest BCUT2D eigenvalue weighted by molar-refractivity contribution is 6.35. The van der Waals surface area contributed by atoms with Gasteiger partial charge in [-0.1, -0.05) is 34.8 Å². The molecule has 0 spiro atoms. The minimum atomic E-state index is -1.51. The van der Waals surface area contributed by atoms with Gasteiger partial charge in [0.2, 0.25) is 6.10 Å². The fourth-order valence-electron chi connectivity index (χ4n) is 2.44. The molecule has 6 nitrogen and oxygen atoms in total. The Balaban J connectivity index is 2.32. The molecule has 0 saturated heterocycles. The minimum Gasteiger partial charge on any atom is -0.486 e. The van der Waals surface area contributed by atoms with Crippen molar-refractivity contribution in [2.45, 2.75) is 32.0 Å². The Kier molecular flexibility index (Phi) is 7.80. The Bertz CT molecular complexity index is 871. The van der Waals surface area contributed by atoms with E-state index in [0.717, 1.165) is 0 Å². The van der Waals surface area contributed by atoms with Crippen molar-refractivity contribution in [1.29, 1.82) is 0 Å². The van der Waals surface area contributed by atoms with Crippen LogP contribution in [0.3, 0.4) is 0 Å². The number of hydrogen-bond donors (Lipinski definition) is 2. The van der Waals surface area contributed by atoms with Crippen molar-refractivity contribution in [2.24, 2.45) is 0 Å². The molecule has 2 aromatic carbocycles. The summed E-state index contributed by atoms with van der Waals surface area (Å²) in [5, 5.41) is 19.6. The third-order valence-corrected chi connectivity index (χ3v) is 4.55. The molecule has 0 amide bonds. The Morgan fingerprint density at radius 1 is 0.964 bits per heavy atom. The molecular formula is C19H17Cl3O6. The van der Waals surface area contributed by atoms with Gasteiger partial charge in [-0.25, -0.2) is 4.79 Å². The van der Waals surface area contributed by atoms with E-state index in [2.05, 4.69) is 0 Å². The molecule has 9 heteroatoms. The Labute approximate surface area is 176 Å². The van der Waals surface area contributed by atoms with Gasteiger partial charge in [-0.2, -0.15) is 0 Å². The van der Waals surface area contributed by atoms with Crippen LogP contribution in [0, 0.1) is 6.92 Å². The van der Waals surface area contributed by atoms with E-state index in [0.29, 0.717) is 21.4 Å². The molecule has 2 unspecified atom stereocenters. The summed E-state index contributed by atoms with van der Waals surface area (Å²) in [4.78, 5) is 22.9. The van der Waals surface area contributed by atoms with Gasteiger partial charge < -0.3 is 19.7 Å². The van der Waals surface area contributed by atoms with Gasteiger partial charge in [0.15, 0.2) is 0 Å². The predicted molar refractivity (Wildman–Crippen MR) is 106 cm³/mol. The molecule has 0 heterocycles. The third kappa shape index (κ3) is 6.19. The summed E-state index contributed by atoms with van der Waals surface area (Å²) in [5.74, 6) is -1.95. The van der Waals surface area contributed by atoms with Gasteiger partial charge in [-0.3, -0.25) is 4.79 Å². The number of carboxylic acids is 2. The molecule has 0 aromatic heterocycles. The summed E-state index contributed by atoms with van der Waals surface area (Å²) in [5.41, 5.74) is 0.668. The summed E-state index contributed by atoms with van der Waals surface area (Å²) in [7, 11) is 0. The molecule has 2 N–H and O–H groups in total. The van der Waals surface area contributed by atoms with Crippen LogP contribution in [0.1, 0.15) is 18.4 Å². The standard InChI is InChI=1S/C19H17Cl3O6/c1-10-8-11(20)2-4-14(10)27-16(6-7-17(23)24)18(19(25)26)28-15-5-3-12(21)9-13(15)22/h2-5,8-9,16,18H,6-7H2,1H3,(H,23,24)(H,25,26). The monoisotopic (exact) mass is 446 g/mol. The third-order valence-electron chi connectivity index (χ3n) is 3.79.